The normalized spacial score (nSPS) is 13.9. The third kappa shape index (κ3) is 7.54. The van der Waals surface area contributed by atoms with Gasteiger partial charge >= 0.3 is 4.87 Å². The van der Waals surface area contributed by atoms with Gasteiger partial charge in [0, 0.05) is 38.1 Å². The van der Waals surface area contributed by atoms with Gasteiger partial charge < -0.3 is 10.4 Å². The molecule has 0 amide bonds. The average Bonchev–Trinajstić information content (AvgIpc) is 3.27. The SMILES string of the molecule is Cl.Cl.O.O=c1scc(-c2ccccc2)n1CCCN1CCN(C(c2ccccc2)c2ccccc2)CC1. The van der Waals surface area contributed by atoms with Crippen molar-refractivity contribution in [3.63, 3.8) is 0 Å². The van der Waals surface area contributed by atoms with Crippen LogP contribution in [0.3, 0.4) is 0 Å². The number of aromatic nitrogens is 1. The maximum Gasteiger partial charge on any atom is 0.307 e. The van der Waals surface area contributed by atoms with Crippen LogP contribution in [0, 0.1) is 0 Å². The van der Waals surface area contributed by atoms with Gasteiger partial charge in [0.1, 0.15) is 0 Å². The van der Waals surface area contributed by atoms with Crippen LogP contribution in [0.1, 0.15) is 23.6 Å². The molecule has 1 aromatic heterocycles. The van der Waals surface area contributed by atoms with Crippen LogP contribution in [0.25, 0.3) is 11.3 Å². The molecule has 8 heteroatoms. The van der Waals surface area contributed by atoms with E-state index in [1.54, 1.807) is 0 Å². The van der Waals surface area contributed by atoms with Crippen molar-refractivity contribution in [3.8, 4) is 11.3 Å². The smallest absolute Gasteiger partial charge is 0.307 e. The Hall–Kier alpha value is -2.45. The molecule has 1 saturated heterocycles. The fraction of sp³-hybridized carbons (Fsp3) is 0.276. The number of hydrogen-bond donors (Lipinski definition) is 0. The van der Waals surface area contributed by atoms with Gasteiger partial charge in [0.25, 0.3) is 0 Å². The van der Waals surface area contributed by atoms with Gasteiger partial charge in [-0.1, -0.05) is 102 Å². The molecule has 0 radical (unpaired) electrons. The van der Waals surface area contributed by atoms with Crippen molar-refractivity contribution in [2.75, 3.05) is 32.7 Å². The Kier molecular flexibility index (Phi) is 12.5. The highest BCUT2D eigenvalue weighted by molar-refractivity contribution is 7.07. The van der Waals surface area contributed by atoms with E-state index in [4.69, 9.17) is 0 Å². The van der Waals surface area contributed by atoms with Crippen LogP contribution in [0.15, 0.2) is 101 Å². The third-order valence-corrected chi connectivity index (χ3v) is 7.47. The van der Waals surface area contributed by atoms with Crippen molar-refractivity contribution in [1.29, 1.82) is 0 Å². The molecule has 198 valence electrons. The van der Waals surface area contributed by atoms with Gasteiger partial charge in [0.15, 0.2) is 0 Å². The van der Waals surface area contributed by atoms with Gasteiger partial charge in [-0.3, -0.25) is 14.3 Å². The van der Waals surface area contributed by atoms with Gasteiger partial charge in [0.05, 0.1) is 11.7 Å². The lowest BCUT2D eigenvalue weighted by Gasteiger charge is -2.39. The first-order valence-corrected chi connectivity index (χ1v) is 13.0. The zero-order valence-electron chi connectivity index (χ0n) is 20.7. The van der Waals surface area contributed by atoms with Crippen molar-refractivity contribution in [3.05, 3.63) is 117 Å². The number of hydrogen-bond acceptors (Lipinski definition) is 4. The van der Waals surface area contributed by atoms with Gasteiger partial charge in [-0.05, 0) is 29.7 Å². The third-order valence-electron chi connectivity index (χ3n) is 6.71. The van der Waals surface area contributed by atoms with E-state index in [0.29, 0.717) is 6.04 Å². The molecule has 37 heavy (non-hydrogen) atoms. The van der Waals surface area contributed by atoms with Crippen LogP contribution in [-0.2, 0) is 6.54 Å². The number of thiazole rings is 1. The molecule has 5 nitrogen and oxygen atoms in total. The van der Waals surface area contributed by atoms with Gasteiger partial charge in [-0.2, -0.15) is 0 Å². The van der Waals surface area contributed by atoms with Crippen molar-refractivity contribution < 1.29 is 5.48 Å². The first-order valence-electron chi connectivity index (χ1n) is 12.1. The Morgan fingerprint density at radius 2 is 1.22 bits per heavy atom. The highest BCUT2D eigenvalue weighted by Crippen LogP contribution is 2.29. The summed E-state index contributed by atoms with van der Waals surface area (Å²) in [5.74, 6) is 0. The van der Waals surface area contributed by atoms with Crippen LogP contribution in [0.4, 0.5) is 0 Å². The zero-order chi connectivity index (χ0) is 23.2. The molecule has 0 saturated carbocycles. The molecule has 0 aliphatic carbocycles. The Bertz CT molecular complexity index is 1190. The standard InChI is InChI=1S/C29H31N3OS.2ClH.H2O/c33-29-32(27(23-34-29)24-11-4-1-5-12-24)18-10-17-30-19-21-31(22-20-30)28(25-13-6-2-7-14-25)26-15-8-3-9-16-26;;;/h1-9,11-16,23,28H,10,17-22H2;2*1H;1H2. The Morgan fingerprint density at radius 3 is 1.76 bits per heavy atom. The number of rotatable bonds is 8. The molecular formula is C29H35Cl2N3O2S. The van der Waals surface area contributed by atoms with E-state index < -0.39 is 0 Å². The Balaban J connectivity index is 0.00000160. The first kappa shape index (κ1) is 30.8. The van der Waals surface area contributed by atoms with Crippen molar-refractivity contribution in [1.82, 2.24) is 14.4 Å². The lowest BCUT2D eigenvalue weighted by molar-refractivity contribution is 0.108. The second kappa shape index (κ2) is 15.1. The molecule has 5 rings (SSSR count). The Labute approximate surface area is 235 Å². The van der Waals surface area contributed by atoms with Crippen molar-refractivity contribution in [2.24, 2.45) is 0 Å². The number of nitrogens with zero attached hydrogens (tertiary/aromatic N) is 3. The quantitative estimate of drug-likeness (QED) is 0.290. The second-order valence-corrected chi connectivity index (χ2v) is 9.68. The molecule has 4 aromatic rings. The molecule has 3 aromatic carbocycles. The zero-order valence-corrected chi connectivity index (χ0v) is 23.2. The van der Waals surface area contributed by atoms with Crippen LogP contribution in [0.2, 0.25) is 0 Å². The predicted octanol–water partition coefficient (Wildman–Crippen LogP) is 5.39. The minimum atomic E-state index is 0. The monoisotopic (exact) mass is 559 g/mol. The molecule has 1 aliphatic heterocycles. The minimum absolute atomic E-state index is 0. The summed E-state index contributed by atoms with van der Waals surface area (Å²) in [6, 6.07) is 32.2. The molecule has 0 bridgehead atoms. The number of benzene rings is 3. The van der Waals surface area contributed by atoms with Crippen molar-refractivity contribution >= 4 is 36.2 Å². The highest BCUT2D eigenvalue weighted by Gasteiger charge is 2.26. The van der Waals surface area contributed by atoms with Crippen LogP contribution < -0.4 is 4.87 Å². The summed E-state index contributed by atoms with van der Waals surface area (Å²) in [5.41, 5.74) is 4.86. The van der Waals surface area contributed by atoms with Gasteiger partial charge in [-0.25, -0.2) is 0 Å². The molecular weight excluding hydrogens is 525 g/mol. The van der Waals surface area contributed by atoms with Gasteiger partial charge in [0.2, 0.25) is 0 Å². The van der Waals surface area contributed by atoms with E-state index in [9.17, 15) is 4.79 Å². The van der Waals surface area contributed by atoms with E-state index >= 15 is 0 Å². The summed E-state index contributed by atoms with van der Waals surface area (Å²) in [6.45, 7) is 5.99. The molecule has 2 N–H and O–H groups in total. The summed E-state index contributed by atoms with van der Waals surface area (Å²) in [6.07, 6.45) is 0.983. The molecule has 0 spiro atoms. The first-order chi connectivity index (χ1) is 16.8. The fourth-order valence-electron chi connectivity index (χ4n) is 4.96. The average molecular weight is 561 g/mol. The number of piperazine rings is 1. The van der Waals surface area contributed by atoms with Gasteiger partial charge in [-0.15, -0.1) is 24.8 Å². The largest absolute Gasteiger partial charge is 0.412 e. The van der Waals surface area contributed by atoms with E-state index in [2.05, 4.69) is 82.6 Å². The molecule has 0 atom stereocenters. The second-order valence-electron chi connectivity index (χ2n) is 8.86. The van der Waals surface area contributed by atoms with Crippen molar-refractivity contribution in [2.45, 2.75) is 19.0 Å². The summed E-state index contributed by atoms with van der Waals surface area (Å²) in [4.78, 5) is 17.7. The molecule has 1 aliphatic rings. The fourth-order valence-corrected chi connectivity index (χ4v) is 5.75. The lowest BCUT2D eigenvalue weighted by atomic mass is 9.96. The minimum Gasteiger partial charge on any atom is -0.412 e. The number of halogens is 2. The summed E-state index contributed by atoms with van der Waals surface area (Å²) in [7, 11) is 0. The summed E-state index contributed by atoms with van der Waals surface area (Å²) >= 11 is 1.30. The maximum atomic E-state index is 12.4. The topological polar surface area (TPSA) is 60.0 Å². The van der Waals surface area contributed by atoms with E-state index in [1.807, 2.05) is 28.1 Å². The maximum absolute atomic E-state index is 12.4. The van der Waals surface area contributed by atoms with E-state index in [-0.39, 0.29) is 35.2 Å². The van der Waals surface area contributed by atoms with E-state index in [1.165, 1.54) is 22.5 Å². The summed E-state index contributed by atoms with van der Waals surface area (Å²) in [5, 5.41) is 1.99. The highest BCUT2D eigenvalue weighted by atomic mass is 35.5. The molecule has 0 unspecified atom stereocenters. The van der Waals surface area contributed by atoms with E-state index in [0.717, 1.165) is 56.9 Å². The lowest BCUT2D eigenvalue weighted by Crippen LogP contribution is -2.48. The Morgan fingerprint density at radius 1 is 0.703 bits per heavy atom. The molecule has 1 fully saturated rings. The molecule has 2 heterocycles. The van der Waals surface area contributed by atoms with Crippen LogP contribution in [-0.4, -0.2) is 52.6 Å². The summed E-state index contributed by atoms with van der Waals surface area (Å²) < 4.78 is 1.94. The van der Waals surface area contributed by atoms with Crippen LogP contribution >= 0.6 is 36.2 Å². The predicted molar refractivity (Wildman–Crippen MR) is 159 cm³/mol. The van der Waals surface area contributed by atoms with Crippen LogP contribution in [0.5, 0.6) is 0 Å².